The fraction of sp³-hybridized carbons (Fsp3) is 0.533. The number of anilines is 1. The van der Waals surface area contributed by atoms with Gasteiger partial charge in [0.25, 0.3) is 0 Å². The van der Waals surface area contributed by atoms with Crippen molar-refractivity contribution in [2.45, 2.75) is 26.4 Å². The molecule has 1 atom stereocenters. The van der Waals surface area contributed by atoms with Crippen LogP contribution in [0.25, 0.3) is 0 Å². The molecule has 0 spiro atoms. The maximum Gasteiger partial charge on any atom is 0.241 e. The highest BCUT2D eigenvalue weighted by molar-refractivity contribution is 5.81. The SMILES string of the molecule is CCCN(CC(=O)N(C)C)c1c(F)cccc1[C@H](C)O. The van der Waals surface area contributed by atoms with Gasteiger partial charge in [0, 0.05) is 26.2 Å². The zero-order chi connectivity index (χ0) is 15.3. The highest BCUT2D eigenvalue weighted by atomic mass is 19.1. The molecule has 0 heterocycles. The van der Waals surface area contributed by atoms with Crippen molar-refractivity contribution in [3.63, 3.8) is 0 Å². The van der Waals surface area contributed by atoms with Gasteiger partial charge in [-0.15, -0.1) is 0 Å². The van der Waals surface area contributed by atoms with Gasteiger partial charge in [-0.1, -0.05) is 19.1 Å². The second-order valence-electron chi connectivity index (χ2n) is 5.06. The van der Waals surface area contributed by atoms with Gasteiger partial charge in [-0.3, -0.25) is 4.79 Å². The molecule has 1 rings (SSSR count). The first-order valence-corrected chi connectivity index (χ1v) is 6.80. The Morgan fingerprint density at radius 3 is 2.55 bits per heavy atom. The van der Waals surface area contributed by atoms with Crippen molar-refractivity contribution >= 4 is 11.6 Å². The van der Waals surface area contributed by atoms with E-state index in [1.54, 1.807) is 38.1 Å². The molecule has 1 aromatic carbocycles. The largest absolute Gasteiger partial charge is 0.389 e. The van der Waals surface area contributed by atoms with Gasteiger partial charge in [-0.2, -0.15) is 0 Å². The number of nitrogens with zero attached hydrogens (tertiary/aromatic N) is 2. The molecule has 0 aliphatic rings. The van der Waals surface area contributed by atoms with Crippen LogP contribution in [0.4, 0.5) is 10.1 Å². The molecule has 0 unspecified atom stereocenters. The summed E-state index contributed by atoms with van der Waals surface area (Å²) >= 11 is 0. The van der Waals surface area contributed by atoms with E-state index in [0.29, 0.717) is 17.8 Å². The molecule has 0 radical (unpaired) electrons. The first-order chi connectivity index (χ1) is 9.38. The lowest BCUT2D eigenvalue weighted by Gasteiger charge is -2.28. The number of halogens is 1. The number of hydrogen-bond acceptors (Lipinski definition) is 3. The minimum Gasteiger partial charge on any atom is -0.389 e. The highest BCUT2D eigenvalue weighted by Gasteiger charge is 2.20. The minimum atomic E-state index is -0.783. The van der Waals surface area contributed by atoms with E-state index in [2.05, 4.69) is 0 Å². The van der Waals surface area contributed by atoms with Crippen molar-refractivity contribution in [3.05, 3.63) is 29.6 Å². The molecule has 0 saturated heterocycles. The molecule has 0 aliphatic carbocycles. The van der Waals surface area contributed by atoms with Crippen LogP contribution >= 0.6 is 0 Å². The summed E-state index contributed by atoms with van der Waals surface area (Å²) in [7, 11) is 3.34. The molecule has 5 heteroatoms. The van der Waals surface area contributed by atoms with Gasteiger partial charge in [0.2, 0.25) is 5.91 Å². The van der Waals surface area contributed by atoms with Crippen LogP contribution in [0.3, 0.4) is 0 Å². The van der Waals surface area contributed by atoms with Gasteiger partial charge in [0.05, 0.1) is 18.3 Å². The molecule has 0 fully saturated rings. The molecule has 1 N–H and O–H groups in total. The second kappa shape index (κ2) is 7.24. The lowest BCUT2D eigenvalue weighted by molar-refractivity contribution is -0.127. The summed E-state index contributed by atoms with van der Waals surface area (Å²) in [5, 5.41) is 9.80. The number of carbonyl (C=O) groups is 1. The molecule has 20 heavy (non-hydrogen) atoms. The molecule has 0 aliphatic heterocycles. The molecule has 1 aromatic rings. The summed E-state index contributed by atoms with van der Waals surface area (Å²) in [5.74, 6) is -0.512. The average molecular weight is 282 g/mol. The maximum atomic E-state index is 14.2. The van der Waals surface area contributed by atoms with Gasteiger partial charge in [0.15, 0.2) is 0 Å². The molecular weight excluding hydrogens is 259 g/mol. The first-order valence-electron chi connectivity index (χ1n) is 6.80. The predicted octanol–water partition coefficient (Wildman–Crippen LogP) is 2.18. The van der Waals surface area contributed by atoms with Gasteiger partial charge in [0.1, 0.15) is 5.82 Å². The number of para-hydroxylation sites is 1. The third-order valence-electron chi connectivity index (χ3n) is 3.10. The summed E-state index contributed by atoms with van der Waals surface area (Å²) in [5.41, 5.74) is 0.824. The summed E-state index contributed by atoms with van der Waals surface area (Å²) in [4.78, 5) is 15.1. The van der Waals surface area contributed by atoms with Crippen LogP contribution in [0.15, 0.2) is 18.2 Å². The van der Waals surface area contributed by atoms with Crippen LogP contribution in [0.2, 0.25) is 0 Å². The molecule has 112 valence electrons. The van der Waals surface area contributed by atoms with Crippen molar-refractivity contribution in [3.8, 4) is 0 Å². The number of benzene rings is 1. The van der Waals surface area contributed by atoms with Gasteiger partial charge >= 0.3 is 0 Å². The quantitative estimate of drug-likeness (QED) is 0.870. The third kappa shape index (κ3) is 3.93. The Morgan fingerprint density at radius 2 is 2.05 bits per heavy atom. The topological polar surface area (TPSA) is 43.8 Å². The Bertz CT molecular complexity index is 461. The Morgan fingerprint density at radius 1 is 1.40 bits per heavy atom. The summed E-state index contributed by atoms with van der Waals surface area (Å²) < 4.78 is 14.2. The van der Waals surface area contributed by atoms with Crippen molar-refractivity contribution < 1.29 is 14.3 Å². The van der Waals surface area contributed by atoms with Gasteiger partial charge < -0.3 is 14.9 Å². The maximum absolute atomic E-state index is 14.2. The van der Waals surface area contributed by atoms with Crippen molar-refractivity contribution in [2.24, 2.45) is 0 Å². The number of likely N-dealkylation sites (N-methyl/N-ethyl adjacent to an activating group) is 1. The Labute approximate surface area is 119 Å². The van der Waals surface area contributed by atoms with Crippen molar-refractivity contribution in [1.29, 1.82) is 0 Å². The molecule has 0 saturated carbocycles. The molecule has 0 bridgehead atoms. The van der Waals surface area contributed by atoms with E-state index in [9.17, 15) is 14.3 Å². The highest BCUT2D eigenvalue weighted by Crippen LogP contribution is 2.29. The van der Waals surface area contributed by atoms with Crippen LogP contribution in [0, 0.1) is 5.82 Å². The van der Waals surface area contributed by atoms with Crippen LogP contribution in [-0.4, -0.2) is 43.1 Å². The minimum absolute atomic E-state index is 0.0987. The third-order valence-corrected chi connectivity index (χ3v) is 3.10. The fourth-order valence-corrected chi connectivity index (χ4v) is 2.05. The Hall–Kier alpha value is -1.62. The van der Waals surface area contributed by atoms with Crippen LogP contribution in [0.5, 0.6) is 0 Å². The number of hydrogen-bond donors (Lipinski definition) is 1. The smallest absolute Gasteiger partial charge is 0.241 e. The van der Waals surface area contributed by atoms with Crippen molar-refractivity contribution in [2.75, 3.05) is 32.1 Å². The van der Waals surface area contributed by atoms with E-state index >= 15 is 0 Å². The molecular formula is C15H23FN2O2. The normalized spacial score (nSPS) is 12.1. The molecule has 0 aromatic heterocycles. The van der Waals surface area contributed by atoms with Crippen LogP contribution < -0.4 is 4.90 Å². The molecule has 1 amide bonds. The summed E-state index contributed by atoms with van der Waals surface area (Å²) in [6, 6.07) is 4.61. The van der Waals surface area contributed by atoms with Crippen molar-refractivity contribution in [1.82, 2.24) is 4.90 Å². The summed E-state index contributed by atoms with van der Waals surface area (Å²) in [6.07, 6.45) is 0.00315. The van der Waals surface area contributed by atoms with E-state index in [1.165, 1.54) is 11.0 Å². The number of rotatable bonds is 6. The number of amides is 1. The zero-order valence-corrected chi connectivity index (χ0v) is 12.6. The van der Waals surface area contributed by atoms with E-state index in [4.69, 9.17) is 0 Å². The predicted molar refractivity (Wildman–Crippen MR) is 78.2 cm³/mol. The summed E-state index contributed by atoms with van der Waals surface area (Å²) in [6.45, 7) is 4.22. The second-order valence-corrected chi connectivity index (χ2v) is 5.06. The van der Waals surface area contributed by atoms with Crippen LogP contribution in [0.1, 0.15) is 31.9 Å². The number of aliphatic hydroxyl groups excluding tert-OH is 1. The first kappa shape index (κ1) is 16.4. The molecule has 4 nitrogen and oxygen atoms in total. The zero-order valence-electron chi connectivity index (χ0n) is 12.6. The van der Waals surface area contributed by atoms with Gasteiger partial charge in [-0.25, -0.2) is 4.39 Å². The lowest BCUT2D eigenvalue weighted by Crippen LogP contribution is -2.38. The Kier molecular flexibility index (Phi) is 5.95. The van der Waals surface area contributed by atoms with E-state index in [0.717, 1.165) is 6.42 Å². The van der Waals surface area contributed by atoms with Gasteiger partial charge in [-0.05, 0) is 19.4 Å². The van der Waals surface area contributed by atoms with E-state index < -0.39 is 11.9 Å². The number of aliphatic hydroxyl groups is 1. The van der Waals surface area contributed by atoms with E-state index in [1.807, 2.05) is 6.92 Å². The number of carbonyl (C=O) groups excluding carboxylic acids is 1. The average Bonchev–Trinajstić information content (AvgIpc) is 2.37. The fourth-order valence-electron chi connectivity index (χ4n) is 2.05. The standard InChI is InChI=1S/C15H23FN2O2/c1-5-9-18(10-14(20)17(3)4)15-12(11(2)19)7-6-8-13(15)16/h6-8,11,19H,5,9-10H2,1-4H3/t11-/m0/s1. The lowest BCUT2D eigenvalue weighted by atomic mass is 10.1. The van der Waals surface area contributed by atoms with E-state index in [-0.39, 0.29) is 12.5 Å². The monoisotopic (exact) mass is 282 g/mol. The Balaban J connectivity index is 3.17. The van der Waals surface area contributed by atoms with Crippen LogP contribution in [-0.2, 0) is 4.79 Å².